The highest BCUT2D eigenvalue weighted by atomic mass is 32.3. The summed E-state index contributed by atoms with van der Waals surface area (Å²) in [7, 11) is -4.57. The SMILES string of the molecule is Nc1nc(-c2ccc(N3CC(CS(=O)(=O)F)CC3=O)cc2)cs1. The number of amides is 1. The van der Waals surface area contributed by atoms with Gasteiger partial charge in [-0.05, 0) is 12.1 Å². The molecule has 122 valence electrons. The Morgan fingerprint density at radius 3 is 2.61 bits per heavy atom. The van der Waals surface area contributed by atoms with Crippen LogP contribution in [0.25, 0.3) is 11.3 Å². The normalized spacial score (nSPS) is 18.6. The molecule has 1 atom stereocenters. The lowest BCUT2D eigenvalue weighted by atomic mass is 10.1. The van der Waals surface area contributed by atoms with Gasteiger partial charge in [0.25, 0.3) is 0 Å². The zero-order valence-corrected chi connectivity index (χ0v) is 13.6. The van der Waals surface area contributed by atoms with Gasteiger partial charge < -0.3 is 10.6 Å². The number of rotatable bonds is 4. The molecule has 2 N–H and O–H groups in total. The standard InChI is InChI=1S/C14H14FN3O3S2/c15-23(20,21)8-9-5-13(19)18(6-9)11-3-1-10(2-4-11)12-7-22-14(16)17-12/h1-4,7,9H,5-6,8H2,(H2,16,17). The maximum atomic E-state index is 12.8. The van der Waals surface area contributed by atoms with Crippen molar-refractivity contribution in [2.24, 2.45) is 5.92 Å². The maximum absolute atomic E-state index is 12.8. The van der Waals surface area contributed by atoms with Crippen molar-refractivity contribution >= 4 is 38.3 Å². The third kappa shape index (κ3) is 3.67. The molecule has 1 saturated heterocycles. The van der Waals surface area contributed by atoms with Crippen LogP contribution in [-0.4, -0.2) is 31.6 Å². The fraction of sp³-hybridized carbons (Fsp3) is 0.286. The third-order valence-corrected chi connectivity index (χ3v) is 5.18. The van der Waals surface area contributed by atoms with Crippen molar-refractivity contribution in [3.8, 4) is 11.3 Å². The van der Waals surface area contributed by atoms with E-state index in [1.807, 2.05) is 17.5 Å². The van der Waals surface area contributed by atoms with E-state index in [0.29, 0.717) is 10.8 Å². The van der Waals surface area contributed by atoms with Gasteiger partial charge in [-0.2, -0.15) is 8.42 Å². The maximum Gasteiger partial charge on any atom is 0.302 e. The molecule has 1 unspecified atom stereocenters. The van der Waals surface area contributed by atoms with Crippen LogP contribution in [0.4, 0.5) is 14.7 Å². The second-order valence-electron chi connectivity index (χ2n) is 5.40. The molecule has 3 rings (SSSR count). The molecule has 0 aliphatic carbocycles. The molecule has 1 aliphatic heterocycles. The van der Waals surface area contributed by atoms with E-state index in [1.54, 1.807) is 12.1 Å². The van der Waals surface area contributed by atoms with Crippen LogP contribution in [0.15, 0.2) is 29.6 Å². The quantitative estimate of drug-likeness (QED) is 0.847. The Morgan fingerprint density at radius 2 is 2.04 bits per heavy atom. The van der Waals surface area contributed by atoms with Gasteiger partial charge in [-0.1, -0.05) is 12.1 Å². The number of hydrogen-bond acceptors (Lipinski definition) is 6. The van der Waals surface area contributed by atoms with Crippen LogP contribution in [0, 0.1) is 5.92 Å². The molecule has 1 fully saturated rings. The molecule has 1 aliphatic rings. The topological polar surface area (TPSA) is 93.4 Å². The number of halogens is 1. The molecule has 2 aromatic rings. The average molecular weight is 355 g/mol. The molecule has 1 aromatic heterocycles. The number of nitrogens with two attached hydrogens (primary N) is 1. The molecule has 2 heterocycles. The lowest BCUT2D eigenvalue weighted by Gasteiger charge is -2.16. The van der Waals surface area contributed by atoms with E-state index in [4.69, 9.17) is 5.73 Å². The number of anilines is 2. The second kappa shape index (κ2) is 5.89. The van der Waals surface area contributed by atoms with Crippen LogP contribution >= 0.6 is 11.3 Å². The van der Waals surface area contributed by atoms with Gasteiger partial charge in [0.15, 0.2) is 5.13 Å². The van der Waals surface area contributed by atoms with Crippen LogP contribution in [0.1, 0.15) is 6.42 Å². The predicted molar refractivity (Wildman–Crippen MR) is 87.3 cm³/mol. The molecule has 1 aromatic carbocycles. The highest BCUT2D eigenvalue weighted by Crippen LogP contribution is 2.29. The van der Waals surface area contributed by atoms with Gasteiger partial charge in [-0.3, -0.25) is 4.79 Å². The first-order valence-electron chi connectivity index (χ1n) is 6.86. The van der Waals surface area contributed by atoms with E-state index >= 15 is 0 Å². The van der Waals surface area contributed by atoms with Crippen molar-refractivity contribution in [2.75, 3.05) is 22.9 Å². The van der Waals surface area contributed by atoms with E-state index < -0.39 is 21.9 Å². The van der Waals surface area contributed by atoms with Gasteiger partial charge in [0.1, 0.15) is 0 Å². The summed E-state index contributed by atoms with van der Waals surface area (Å²) in [6.45, 7) is 0.199. The number of carbonyl (C=O) groups is 1. The smallest absolute Gasteiger partial charge is 0.302 e. The molecule has 0 spiro atoms. The van der Waals surface area contributed by atoms with E-state index in [0.717, 1.165) is 11.3 Å². The minimum Gasteiger partial charge on any atom is -0.375 e. The van der Waals surface area contributed by atoms with E-state index in [9.17, 15) is 17.1 Å². The average Bonchev–Trinajstić information content (AvgIpc) is 3.03. The van der Waals surface area contributed by atoms with Crippen LogP contribution in [0.3, 0.4) is 0 Å². The fourth-order valence-electron chi connectivity index (χ4n) is 2.66. The Labute approximate surface area is 137 Å². The molecule has 0 saturated carbocycles. The van der Waals surface area contributed by atoms with E-state index in [1.165, 1.54) is 16.2 Å². The summed E-state index contributed by atoms with van der Waals surface area (Å²) in [5.74, 6) is -1.34. The zero-order valence-electron chi connectivity index (χ0n) is 12.0. The first-order valence-corrected chi connectivity index (χ1v) is 9.29. The summed E-state index contributed by atoms with van der Waals surface area (Å²) in [4.78, 5) is 17.7. The second-order valence-corrected chi connectivity index (χ2v) is 7.70. The van der Waals surface area contributed by atoms with Gasteiger partial charge in [-0.25, -0.2) is 4.98 Å². The molecule has 23 heavy (non-hydrogen) atoms. The summed E-state index contributed by atoms with van der Waals surface area (Å²) in [5, 5.41) is 2.32. The number of nitrogens with zero attached hydrogens (tertiary/aromatic N) is 2. The van der Waals surface area contributed by atoms with Crippen LogP contribution in [-0.2, 0) is 15.0 Å². The lowest BCUT2D eigenvalue weighted by Crippen LogP contribution is -2.25. The van der Waals surface area contributed by atoms with Gasteiger partial charge in [0, 0.05) is 35.5 Å². The van der Waals surface area contributed by atoms with Gasteiger partial charge in [0.05, 0.1) is 11.4 Å². The summed E-state index contributed by atoms with van der Waals surface area (Å²) in [6, 6.07) is 7.15. The van der Waals surface area contributed by atoms with E-state index in [2.05, 4.69) is 4.98 Å². The van der Waals surface area contributed by atoms with Crippen molar-refractivity contribution in [1.29, 1.82) is 0 Å². The highest BCUT2D eigenvalue weighted by molar-refractivity contribution is 7.86. The molecular formula is C14H14FN3O3S2. The summed E-state index contributed by atoms with van der Waals surface area (Å²) in [6.07, 6.45) is 0.0352. The van der Waals surface area contributed by atoms with Crippen LogP contribution < -0.4 is 10.6 Å². The molecular weight excluding hydrogens is 341 g/mol. The fourth-order valence-corrected chi connectivity index (χ4v) is 4.02. The summed E-state index contributed by atoms with van der Waals surface area (Å²) < 4.78 is 34.2. The number of aromatic nitrogens is 1. The van der Waals surface area contributed by atoms with Crippen molar-refractivity contribution < 1.29 is 17.1 Å². The number of carbonyl (C=O) groups excluding carboxylic acids is 1. The number of benzene rings is 1. The molecule has 6 nitrogen and oxygen atoms in total. The third-order valence-electron chi connectivity index (χ3n) is 3.64. The lowest BCUT2D eigenvalue weighted by molar-refractivity contribution is -0.117. The number of nitrogen functional groups attached to an aromatic ring is 1. The van der Waals surface area contributed by atoms with Crippen LogP contribution in [0.5, 0.6) is 0 Å². The minimum absolute atomic E-state index is 0.0352. The first kappa shape index (κ1) is 15.9. The van der Waals surface area contributed by atoms with Gasteiger partial charge in [-0.15, -0.1) is 15.2 Å². The Hall–Kier alpha value is -2.00. The Bertz CT molecular complexity index is 833. The first-order chi connectivity index (χ1) is 10.8. The summed E-state index contributed by atoms with van der Waals surface area (Å²) in [5.41, 5.74) is 7.89. The molecule has 9 heteroatoms. The molecule has 1 amide bonds. The molecule has 0 bridgehead atoms. The Morgan fingerprint density at radius 1 is 1.35 bits per heavy atom. The monoisotopic (exact) mass is 355 g/mol. The number of thiazole rings is 1. The minimum atomic E-state index is -4.57. The van der Waals surface area contributed by atoms with Crippen molar-refractivity contribution in [1.82, 2.24) is 4.98 Å². The van der Waals surface area contributed by atoms with Crippen molar-refractivity contribution in [3.05, 3.63) is 29.6 Å². The van der Waals surface area contributed by atoms with Gasteiger partial charge in [0.2, 0.25) is 5.91 Å². The van der Waals surface area contributed by atoms with Crippen LogP contribution in [0.2, 0.25) is 0 Å². The Balaban J connectivity index is 1.76. The largest absolute Gasteiger partial charge is 0.375 e. The molecule has 0 radical (unpaired) electrons. The van der Waals surface area contributed by atoms with Crippen molar-refractivity contribution in [3.63, 3.8) is 0 Å². The number of hydrogen-bond donors (Lipinski definition) is 1. The summed E-state index contributed by atoms with van der Waals surface area (Å²) >= 11 is 1.34. The highest BCUT2D eigenvalue weighted by Gasteiger charge is 2.33. The van der Waals surface area contributed by atoms with Gasteiger partial charge >= 0.3 is 10.2 Å². The van der Waals surface area contributed by atoms with Crippen molar-refractivity contribution in [2.45, 2.75) is 6.42 Å². The predicted octanol–water partition coefficient (Wildman–Crippen LogP) is 2.04. The van der Waals surface area contributed by atoms with E-state index in [-0.39, 0.29) is 18.9 Å². The zero-order chi connectivity index (χ0) is 16.6. The Kier molecular flexibility index (Phi) is 4.07.